The first kappa shape index (κ1) is 20.9. The average molecular weight is 404 g/mol. The molecule has 0 fully saturated rings. The van der Waals surface area contributed by atoms with Gasteiger partial charge in [0.2, 0.25) is 5.91 Å². The first-order valence-electron chi connectivity index (χ1n) is 9.49. The molecule has 0 radical (unpaired) electrons. The first-order valence-corrected chi connectivity index (χ1v) is 9.49. The van der Waals surface area contributed by atoms with Crippen LogP contribution in [0.2, 0.25) is 0 Å². The largest absolute Gasteiger partial charge is 0.495 e. The highest BCUT2D eigenvalue weighted by atomic mass is 16.5. The van der Waals surface area contributed by atoms with E-state index in [-0.39, 0.29) is 12.5 Å². The molecule has 7 heteroatoms. The SMILES string of the molecule is COc1ccccc1Nc1ncccc1C(=O)NCC(=O)Nc1c(C)cccc1C. The van der Waals surface area contributed by atoms with Gasteiger partial charge in [0.05, 0.1) is 24.9 Å². The minimum Gasteiger partial charge on any atom is -0.495 e. The molecular formula is C23H24N4O3. The molecule has 3 aromatic rings. The Morgan fingerprint density at radius 1 is 0.967 bits per heavy atom. The summed E-state index contributed by atoms with van der Waals surface area (Å²) in [7, 11) is 1.57. The van der Waals surface area contributed by atoms with Gasteiger partial charge in [-0.15, -0.1) is 0 Å². The van der Waals surface area contributed by atoms with E-state index in [9.17, 15) is 9.59 Å². The molecule has 0 unspecified atom stereocenters. The highest BCUT2D eigenvalue weighted by Crippen LogP contribution is 2.27. The number of ether oxygens (including phenoxy) is 1. The van der Waals surface area contributed by atoms with Crippen molar-refractivity contribution in [2.75, 3.05) is 24.3 Å². The molecule has 0 aliphatic carbocycles. The molecule has 0 atom stereocenters. The zero-order valence-electron chi connectivity index (χ0n) is 17.2. The maximum absolute atomic E-state index is 12.7. The summed E-state index contributed by atoms with van der Waals surface area (Å²) in [5.41, 5.74) is 3.69. The number of benzene rings is 2. The van der Waals surface area contributed by atoms with Crippen LogP contribution < -0.4 is 20.7 Å². The molecule has 0 spiro atoms. The number of aryl methyl sites for hydroxylation is 2. The second-order valence-corrected chi connectivity index (χ2v) is 6.72. The Balaban J connectivity index is 1.68. The van der Waals surface area contributed by atoms with Crippen molar-refractivity contribution in [3.05, 3.63) is 77.5 Å². The van der Waals surface area contributed by atoms with Crippen molar-refractivity contribution >= 4 is 29.0 Å². The molecule has 1 aromatic heterocycles. The van der Waals surface area contributed by atoms with Gasteiger partial charge in [-0.1, -0.05) is 30.3 Å². The van der Waals surface area contributed by atoms with E-state index in [1.165, 1.54) is 0 Å². The molecule has 3 N–H and O–H groups in total. The van der Waals surface area contributed by atoms with Gasteiger partial charge < -0.3 is 20.7 Å². The Morgan fingerprint density at radius 2 is 1.70 bits per heavy atom. The number of nitrogens with one attached hydrogen (secondary N) is 3. The van der Waals surface area contributed by atoms with Gasteiger partial charge in [-0.3, -0.25) is 9.59 Å². The van der Waals surface area contributed by atoms with E-state index in [0.29, 0.717) is 22.8 Å². The lowest BCUT2D eigenvalue weighted by Crippen LogP contribution is -2.33. The summed E-state index contributed by atoms with van der Waals surface area (Å²) >= 11 is 0. The predicted molar refractivity (Wildman–Crippen MR) is 117 cm³/mol. The number of amides is 2. The van der Waals surface area contributed by atoms with Gasteiger partial charge in [-0.05, 0) is 49.2 Å². The quantitative estimate of drug-likeness (QED) is 0.557. The van der Waals surface area contributed by atoms with E-state index in [1.807, 2.05) is 56.3 Å². The summed E-state index contributed by atoms with van der Waals surface area (Å²) < 4.78 is 5.33. The van der Waals surface area contributed by atoms with Crippen molar-refractivity contribution in [1.82, 2.24) is 10.3 Å². The molecule has 0 aliphatic rings. The Morgan fingerprint density at radius 3 is 2.43 bits per heavy atom. The zero-order valence-corrected chi connectivity index (χ0v) is 17.2. The number of carbonyl (C=O) groups excluding carboxylic acids is 2. The van der Waals surface area contributed by atoms with Gasteiger partial charge in [0, 0.05) is 11.9 Å². The van der Waals surface area contributed by atoms with Gasteiger partial charge >= 0.3 is 0 Å². The predicted octanol–water partition coefficient (Wildman–Crippen LogP) is 3.82. The van der Waals surface area contributed by atoms with E-state index in [4.69, 9.17) is 4.74 Å². The lowest BCUT2D eigenvalue weighted by atomic mass is 10.1. The summed E-state index contributed by atoms with van der Waals surface area (Å²) in [5.74, 6) is 0.290. The number of nitrogens with zero attached hydrogens (tertiary/aromatic N) is 1. The van der Waals surface area contributed by atoms with Crippen LogP contribution in [0.1, 0.15) is 21.5 Å². The number of pyridine rings is 1. The molecule has 3 rings (SSSR count). The number of hydrogen-bond donors (Lipinski definition) is 3. The molecule has 30 heavy (non-hydrogen) atoms. The maximum atomic E-state index is 12.7. The van der Waals surface area contributed by atoms with Gasteiger partial charge in [0.15, 0.2) is 0 Å². The zero-order chi connectivity index (χ0) is 21.5. The Bertz CT molecular complexity index is 1050. The molecule has 154 valence electrons. The molecule has 2 amide bonds. The van der Waals surface area contributed by atoms with Crippen LogP contribution in [-0.4, -0.2) is 30.5 Å². The first-order chi connectivity index (χ1) is 14.5. The van der Waals surface area contributed by atoms with Crippen molar-refractivity contribution in [1.29, 1.82) is 0 Å². The van der Waals surface area contributed by atoms with E-state index >= 15 is 0 Å². The number of carbonyl (C=O) groups is 2. The highest BCUT2D eigenvalue weighted by Gasteiger charge is 2.15. The standard InChI is InChI=1S/C23H24N4O3/c1-15-8-6-9-16(2)21(15)27-20(28)14-25-23(29)17-10-7-13-24-22(17)26-18-11-4-5-12-19(18)30-3/h4-13H,14H2,1-3H3,(H,24,26)(H,25,29)(H,27,28). The van der Waals surface area contributed by atoms with Crippen molar-refractivity contribution in [2.45, 2.75) is 13.8 Å². The fourth-order valence-corrected chi connectivity index (χ4v) is 3.01. The lowest BCUT2D eigenvalue weighted by molar-refractivity contribution is -0.115. The molecule has 1 heterocycles. The Labute approximate surface area is 175 Å². The van der Waals surface area contributed by atoms with Crippen molar-refractivity contribution in [2.24, 2.45) is 0 Å². The molecule has 0 bridgehead atoms. The Kier molecular flexibility index (Phi) is 6.64. The summed E-state index contributed by atoms with van der Waals surface area (Å²) in [6.07, 6.45) is 1.59. The third-order valence-corrected chi connectivity index (χ3v) is 4.57. The molecule has 0 aliphatic heterocycles. The van der Waals surface area contributed by atoms with E-state index in [1.54, 1.807) is 25.4 Å². The number of methoxy groups -OCH3 is 1. The van der Waals surface area contributed by atoms with Crippen LogP contribution in [0.4, 0.5) is 17.2 Å². The van der Waals surface area contributed by atoms with Crippen LogP contribution in [-0.2, 0) is 4.79 Å². The third-order valence-electron chi connectivity index (χ3n) is 4.57. The van der Waals surface area contributed by atoms with Crippen LogP contribution in [0.3, 0.4) is 0 Å². The van der Waals surface area contributed by atoms with Crippen LogP contribution in [0.5, 0.6) is 5.75 Å². The van der Waals surface area contributed by atoms with Crippen molar-refractivity contribution in [3.8, 4) is 5.75 Å². The molecular weight excluding hydrogens is 380 g/mol. The lowest BCUT2D eigenvalue weighted by Gasteiger charge is -2.14. The third kappa shape index (κ3) is 4.94. The number of aromatic nitrogens is 1. The summed E-state index contributed by atoms with van der Waals surface area (Å²) in [5, 5.41) is 8.62. The second-order valence-electron chi connectivity index (χ2n) is 6.72. The van der Waals surface area contributed by atoms with Gasteiger partial charge in [-0.2, -0.15) is 0 Å². The maximum Gasteiger partial charge on any atom is 0.255 e. The number of anilines is 3. The smallest absolute Gasteiger partial charge is 0.255 e. The van der Waals surface area contributed by atoms with E-state index < -0.39 is 5.91 Å². The molecule has 0 saturated heterocycles. The Hall–Kier alpha value is -3.87. The number of hydrogen-bond acceptors (Lipinski definition) is 5. The second kappa shape index (κ2) is 9.56. The van der Waals surface area contributed by atoms with Crippen molar-refractivity contribution < 1.29 is 14.3 Å². The molecule has 0 saturated carbocycles. The monoisotopic (exact) mass is 404 g/mol. The topological polar surface area (TPSA) is 92.3 Å². The number of para-hydroxylation sites is 3. The summed E-state index contributed by atoms with van der Waals surface area (Å²) in [6, 6.07) is 16.4. The normalized spacial score (nSPS) is 10.2. The minimum atomic E-state index is -0.405. The highest BCUT2D eigenvalue weighted by molar-refractivity contribution is 6.02. The van der Waals surface area contributed by atoms with Gasteiger partial charge in [0.1, 0.15) is 11.6 Å². The van der Waals surface area contributed by atoms with Crippen LogP contribution in [0.15, 0.2) is 60.8 Å². The van der Waals surface area contributed by atoms with E-state index in [2.05, 4.69) is 20.9 Å². The fraction of sp³-hybridized carbons (Fsp3) is 0.174. The van der Waals surface area contributed by atoms with Crippen LogP contribution in [0.25, 0.3) is 0 Å². The van der Waals surface area contributed by atoms with Gasteiger partial charge in [0.25, 0.3) is 5.91 Å². The molecule has 2 aromatic carbocycles. The summed E-state index contributed by atoms with van der Waals surface area (Å²) in [6.45, 7) is 3.69. The van der Waals surface area contributed by atoms with E-state index in [0.717, 1.165) is 16.8 Å². The van der Waals surface area contributed by atoms with Crippen molar-refractivity contribution in [3.63, 3.8) is 0 Å². The fourth-order valence-electron chi connectivity index (χ4n) is 3.01. The number of rotatable bonds is 7. The minimum absolute atomic E-state index is 0.157. The molecule has 7 nitrogen and oxygen atoms in total. The average Bonchev–Trinajstić information content (AvgIpc) is 2.75. The summed E-state index contributed by atoms with van der Waals surface area (Å²) in [4.78, 5) is 29.3. The van der Waals surface area contributed by atoms with Crippen LogP contribution >= 0.6 is 0 Å². The van der Waals surface area contributed by atoms with Crippen LogP contribution in [0, 0.1) is 13.8 Å². The van der Waals surface area contributed by atoms with Gasteiger partial charge in [-0.25, -0.2) is 4.98 Å².